The van der Waals surface area contributed by atoms with Crippen LogP contribution in [0.2, 0.25) is 0 Å². The summed E-state index contributed by atoms with van der Waals surface area (Å²) in [5.41, 5.74) is 5.09. The number of allylic oxidation sites excluding steroid dienone is 1. The van der Waals surface area contributed by atoms with Gasteiger partial charge in [0.2, 0.25) is 0 Å². The normalized spacial score (nSPS) is 13.9. The average molecular weight is 386 g/mol. The maximum atomic E-state index is 14.4. The second kappa shape index (κ2) is 8.55. The fraction of sp³-hybridized carbons (Fsp3) is 0.348. The van der Waals surface area contributed by atoms with Crippen molar-refractivity contribution in [1.82, 2.24) is 0 Å². The molecule has 0 amide bonds. The van der Waals surface area contributed by atoms with Crippen molar-refractivity contribution in [2.45, 2.75) is 46.0 Å². The van der Waals surface area contributed by atoms with Crippen LogP contribution in [0.15, 0.2) is 35.9 Å². The van der Waals surface area contributed by atoms with Gasteiger partial charge in [0.15, 0.2) is 11.6 Å². The van der Waals surface area contributed by atoms with Crippen LogP contribution in [0, 0.1) is 25.5 Å². The van der Waals surface area contributed by atoms with Crippen LogP contribution in [0.3, 0.4) is 0 Å². The highest BCUT2D eigenvalue weighted by Gasteiger charge is 2.18. The quantitative estimate of drug-likeness (QED) is 0.672. The van der Waals surface area contributed by atoms with Crippen LogP contribution in [-0.4, -0.2) is 17.7 Å². The summed E-state index contributed by atoms with van der Waals surface area (Å²) in [5.74, 6) is -1.47. The molecule has 0 radical (unpaired) electrons. The number of hydrogen-bond acceptors (Lipinski definition) is 2. The minimum absolute atomic E-state index is 0.0379. The Kier molecular flexibility index (Phi) is 6.12. The first kappa shape index (κ1) is 20.1. The van der Waals surface area contributed by atoms with E-state index in [0.29, 0.717) is 11.1 Å². The summed E-state index contributed by atoms with van der Waals surface area (Å²) in [6.07, 6.45) is 2.93. The Morgan fingerprint density at radius 1 is 1.07 bits per heavy atom. The van der Waals surface area contributed by atoms with Gasteiger partial charge in [-0.05, 0) is 91.1 Å². The van der Waals surface area contributed by atoms with E-state index in [1.807, 2.05) is 13.0 Å². The third-order valence-corrected chi connectivity index (χ3v) is 5.25. The van der Waals surface area contributed by atoms with Crippen LogP contribution in [0.1, 0.15) is 47.9 Å². The molecule has 0 atom stereocenters. The highest BCUT2D eigenvalue weighted by molar-refractivity contribution is 5.71. The van der Waals surface area contributed by atoms with E-state index in [1.54, 1.807) is 25.1 Å². The number of halogens is 2. The van der Waals surface area contributed by atoms with Gasteiger partial charge in [0, 0.05) is 6.42 Å². The molecule has 0 saturated carbocycles. The Balaban J connectivity index is 1.76. The molecule has 5 heteroatoms. The lowest BCUT2D eigenvalue weighted by atomic mass is 10.0. The number of hydrogen-bond donors (Lipinski definition) is 1. The van der Waals surface area contributed by atoms with E-state index < -0.39 is 11.8 Å². The van der Waals surface area contributed by atoms with Gasteiger partial charge in [-0.25, -0.2) is 8.78 Å². The Bertz CT molecular complexity index is 932. The van der Waals surface area contributed by atoms with Crippen LogP contribution in [-0.2, 0) is 11.2 Å². The molecular weight excluding hydrogens is 362 g/mol. The van der Waals surface area contributed by atoms with E-state index >= 15 is 0 Å². The zero-order valence-electron chi connectivity index (χ0n) is 16.1. The van der Waals surface area contributed by atoms with E-state index in [-0.39, 0.29) is 31.0 Å². The smallest absolute Gasteiger partial charge is 0.303 e. The van der Waals surface area contributed by atoms with Crippen molar-refractivity contribution in [1.29, 1.82) is 0 Å². The zero-order valence-corrected chi connectivity index (χ0v) is 16.1. The van der Waals surface area contributed by atoms with E-state index in [1.165, 1.54) is 6.07 Å². The summed E-state index contributed by atoms with van der Waals surface area (Å²) in [5, 5.41) is 8.80. The predicted octanol–water partition coefficient (Wildman–Crippen LogP) is 5.62. The number of carbonyl (C=O) groups is 1. The first-order chi connectivity index (χ1) is 13.3. The average Bonchev–Trinajstić information content (AvgIpc) is 3.11. The van der Waals surface area contributed by atoms with Crippen molar-refractivity contribution in [3.63, 3.8) is 0 Å². The monoisotopic (exact) mass is 386 g/mol. The van der Waals surface area contributed by atoms with Gasteiger partial charge in [0.1, 0.15) is 12.4 Å². The van der Waals surface area contributed by atoms with E-state index in [9.17, 15) is 13.6 Å². The lowest BCUT2D eigenvalue weighted by molar-refractivity contribution is -0.136. The molecule has 0 spiro atoms. The molecule has 0 aromatic heterocycles. The Morgan fingerprint density at radius 2 is 1.86 bits per heavy atom. The Hall–Kier alpha value is -2.69. The molecule has 1 aliphatic carbocycles. The molecule has 1 N–H and O–H groups in total. The number of rotatable bonds is 7. The highest BCUT2D eigenvalue weighted by Crippen LogP contribution is 2.35. The molecule has 0 aliphatic heterocycles. The van der Waals surface area contributed by atoms with Crippen molar-refractivity contribution >= 4 is 11.5 Å². The minimum Gasteiger partial charge on any atom is -0.486 e. The second-order valence-electron chi connectivity index (χ2n) is 7.29. The van der Waals surface area contributed by atoms with Gasteiger partial charge in [-0.2, -0.15) is 0 Å². The Labute approximate surface area is 163 Å². The molecule has 2 aromatic carbocycles. The molecule has 3 nitrogen and oxygen atoms in total. The topological polar surface area (TPSA) is 46.5 Å². The van der Waals surface area contributed by atoms with Gasteiger partial charge in [0.25, 0.3) is 0 Å². The number of aliphatic carboxylic acids is 1. The summed E-state index contributed by atoms with van der Waals surface area (Å²) in [4.78, 5) is 10.7. The van der Waals surface area contributed by atoms with Crippen molar-refractivity contribution in [2.24, 2.45) is 0 Å². The third kappa shape index (κ3) is 4.58. The van der Waals surface area contributed by atoms with Gasteiger partial charge in [0.05, 0.1) is 0 Å². The van der Waals surface area contributed by atoms with Crippen LogP contribution in [0.5, 0.6) is 5.75 Å². The van der Waals surface area contributed by atoms with Crippen molar-refractivity contribution in [2.75, 3.05) is 6.61 Å². The summed E-state index contributed by atoms with van der Waals surface area (Å²) in [7, 11) is 0. The third-order valence-electron chi connectivity index (χ3n) is 5.25. The Morgan fingerprint density at radius 3 is 2.57 bits per heavy atom. The van der Waals surface area contributed by atoms with E-state index in [4.69, 9.17) is 9.84 Å². The van der Waals surface area contributed by atoms with Gasteiger partial charge >= 0.3 is 5.97 Å². The van der Waals surface area contributed by atoms with E-state index in [2.05, 4.69) is 0 Å². The molecule has 148 valence electrons. The number of ether oxygens (including phenoxy) is 1. The molecule has 3 rings (SSSR count). The molecule has 0 saturated heterocycles. The standard InChI is InChI=1S/C23H24F2O3/c1-14-6-7-17(12-20(14)24)19-5-3-4-18(19)13-28-22-10-15(2)16(11-21(22)25)8-9-23(26)27/h6-7,10-12H,3-5,8-9,13H2,1-2H3,(H,26,27). The number of carboxylic acid groups (broad SMARTS) is 1. The van der Waals surface area contributed by atoms with Crippen LogP contribution in [0.4, 0.5) is 8.78 Å². The van der Waals surface area contributed by atoms with E-state index in [0.717, 1.165) is 41.5 Å². The molecule has 2 aromatic rings. The largest absolute Gasteiger partial charge is 0.486 e. The highest BCUT2D eigenvalue weighted by atomic mass is 19.1. The zero-order chi connectivity index (χ0) is 20.3. The number of aryl methyl sites for hydroxylation is 3. The second-order valence-corrected chi connectivity index (χ2v) is 7.29. The summed E-state index contributed by atoms with van der Waals surface area (Å²) >= 11 is 0. The lowest BCUT2D eigenvalue weighted by Crippen LogP contribution is -2.05. The van der Waals surface area contributed by atoms with Crippen molar-refractivity contribution in [3.8, 4) is 5.75 Å². The molecule has 28 heavy (non-hydrogen) atoms. The molecule has 0 unspecified atom stereocenters. The molecular formula is C23H24F2O3. The first-order valence-corrected chi connectivity index (χ1v) is 9.46. The molecule has 0 fully saturated rings. The van der Waals surface area contributed by atoms with Gasteiger partial charge < -0.3 is 9.84 Å². The van der Waals surface area contributed by atoms with Gasteiger partial charge in [-0.15, -0.1) is 0 Å². The fourth-order valence-electron chi connectivity index (χ4n) is 3.58. The van der Waals surface area contributed by atoms with Crippen LogP contribution < -0.4 is 4.74 Å². The molecule has 0 heterocycles. The summed E-state index contributed by atoms with van der Waals surface area (Å²) in [6.45, 7) is 3.81. The number of benzene rings is 2. The minimum atomic E-state index is -0.909. The van der Waals surface area contributed by atoms with Crippen LogP contribution in [0.25, 0.3) is 5.57 Å². The lowest BCUT2D eigenvalue weighted by Gasteiger charge is -2.13. The molecule has 1 aliphatic rings. The predicted molar refractivity (Wildman–Crippen MR) is 104 cm³/mol. The first-order valence-electron chi connectivity index (χ1n) is 9.46. The van der Waals surface area contributed by atoms with Crippen molar-refractivity contribution < 1.29 is 23.4 Å². The molecule has 0 bridgehead atoms. The summed E-state index contributed by atoms with van der Waals surface area (Å²) < 4.78 is 34.1. The fourth-order valence-corrected chi connectivity index (χ4v) is 3.58. The number of carboxylic acids is 1. The summed E-state index contributed by atoms with van der Waals surface area (Å²) in [6, 6.07) is 8.21. The maximum absolute atomic E-state index is 14.4. The van der Waals surface area contributed by atoms with Gasteiger partial charge in [-0.1, -0.05) is 12.1 Å². The SMILES string of the molecule is Cc1ccc(C2=C(COc3cc(C)c(CCC(=O)O)cc3F)CCC2)cc1F. The van der Waals surface area contributed by atoms with Gasteiger partial charge in [-0.3, -0.25) is 4.79 Å². The van der Waals surface area contributed by atoms with Crippen molar-refractivity contribution in [3.05, 3.63) is 69.8 Å². The van der Waals surface area contributed by atoms with Crippen LogP contribution >= 0.6 is 0 Å². The maximum Gasteiger partial charge on any atom is 0.303 e.